The lowest BCUT2D eigenvalue weighted by molar-refractivity contribution is 1.77. The van der Waals surface area contributed by atoms with Crippen LogP contribution in [0.5, 0.6) is 0 Å². The molecule has 0 spiro atoms. The second kappa shape index (κ2) is 3.64. The topological polar surface area (TPSA) is 0 Å². The van der Waals surface area contributed by atoms with E-state index in [1.54, 1.807) is 5.19 Å². The van der Waals surface area contributed by atoms with Crippen LogP contribution in [0.1, 0.15) is 0 Å². The summed E-state index contributed by atoms with van der Waals surface area (Å²) in [6.07, 6.45) is 0. The molecule has 0 bridgehead atoms. The van der Waals surface area contributed by atoms with Gasteiger partial charge < -0.3 is 0 Å². The smallest absolute Gasteiger partial charge is 0.0436 e. The highest BCUT2D eigenvalue weighted by molar-refractivity contribution is 7.06. The molecule has 0 aromatic heterocycles. The van der Waals surface area contributed by atoms with Gasteiger partial charge in [0.1, 0.15) is 0 Å². The molecule has 0 amide bonds. The van der Waals surface area contributed by atoms with Gasteiger partial charge in [-0.2, -0.15) is 0 Å². The van der Waals surface area contributed by atoms with Crippen molar-refractivity contribution in [1.29, 1.82) is 0 Å². The normalized spacial score (nSPS) is 10.8. The molecule has 0 fully saturated rings. The Labute approximate surface area is 60.7 Å². The zero-order valence-corrected chi connectivity index (χ0v) is 8.01. The lowest BCUT2D eigenvalue weighted by Crippen LogP contribution is -2.17. The first-order valence-corrected chi connectivity index (χ1v) is 7.65. The summed E-state index contributed by atoms with van der Waals surface area (Å²) in [4.78, 5) is 0. The maximum Gasteiger partial charge on any atom is 0.0436 e. The molecule has 2 heteroatoms. The van der Waals surface area contributed by atoms with E-state index in [-0.39, 0.29) is 9.04 Å². The Kier molecular flexibility index (Phi) is 2.73. The third-order valence-electron chi connectivity index (χ3n) is 1.22. The summed E-state index contributed by atoms with van der Waals surface area (Å²) in [5, 5.41) is 1.60. The van der Waals surface area contributed by atoms with Gasteiger partial charge in [0.25, 0.3) is 0 Å². The van der Waals surface area contributed by atoms with Crippen LogP contribution in [0, 0.1) is 0 Å². The summed E-state index contributed by atoms with van der Waals surface area (Å²) in [5.74, 6) is 0. The number of rotatable bonds is 2. The van der Waals surface area contributed by atoms with Gasteiger partial charge in [-0.15, -0.1) is 0 Å². The Hall–Kier alpha value is -0.346. The van der Waals surface area contributed by atoms with Crippen LogP contribution in [-0.2, 0) is 0 Å². The fraction of sp³-hybridized carbons (Fsp3) is 0.143. The van der Waals surface area contributed by atoms with Crippen molar-refractivity contribution in [3.05, 3.63) is 30.3 Å². The molecule has 2 radical (unpaired) electrons. The molecule has 0 heterocycles. The van der Waals surface area contributed by atoms with E-state index in [4.69, 9.17) is 0 Å². The second-order valence-electron chi connectivity index (χ2n) is 2.02. The fourth-order valence-electron chi connectivity index (χ4n) is 0.800. The molecule has 1 aromatic rings. The van der Waals surface area contributed by atoms with Crippen LogP contribution in [-0.4, -0.2) is 18.1 Å². The molecule has 0 aliphatic rings. The summed E-state index contributed by atoms with van der Waals surface area (Å²) < 4.78 is 0. The standard InChI is InChI=1S/C7H10Si2/c1-8-9-7-5-3-2-4-6-7/h2-6H,9H2,1H3. The minimum atomic E-state index is 0.127. The lowest BCUT2D eigenvalue weighted by Gasteiger charge is -1.92. The van der Waals surface area contributed by atoms with Crippen molar-refractivity contribution in [2.45, 2.75) is 6.55 Å². The average Bonchev–Trinajstić information content (AvgIpc) is 1.91. The first-order valence-electron chi connectivity index (χ1n) is 3.12. The van der Waals surface area contributed by atoms with Gasteiger partial charge in [0.15, 0.2) is 0 Å². The van der Waals surface area contributed by atoms with Gasteiger partial charge in [0.05, 0.1) is 0 Å². The van der Waals surface area contributed by atoms with E-state index in [0.29, 0.717) is 0 Å². The molecule has 1 aromatic carbocycles. The molecule has 0 unspecified atom stereocenters. The number of benzene rings is 1. The zero-order chi connectivity index (χ0) is 6.53. The van der Waals surface area contributed by atoms with Crippen molar-refractivity contribution in [2.75, 3.05) is 0 Å². The molecular formula is C7H10Si2. The predicted octanol–water partition coefficient (Wildman–Crippen LogP) is 0.148. The van der Waals surface area contributed by atoms with E-state index in [9.17, 15) is 0 Å². The van der Waals surface area contributed by atoms with Gasteiger partial charge in [0, 0.05) is 18.1 Å². The Bertz CT molecular complexity index is 160. The first-order chi connectivity index (χ1) is 4.43. The molecule has 0 nitrogen and oxygen atoms in total. The lowest BCUT2D eigenvalue weighted by atomic mass is 10.4. The maximum absolute atomic E-state index is 2.29. The Morgan fingerprint density at radius 2 is 1.89 bits per heavy atom. The van der Waals surface area contributed by atoms with Crippen molar-refractivity contribution >= 4 is 23.3 Å². The molecule has 0 aliphatic carbocycles. The highest BCUT2D eigenvalue weighted by Crippen LogP contribution is 1.79. The van der Waals surface area contributed by atoms with Crippen LogP contribution in [0.25, 0.3) is 0 Å². The quantitative estimate of drug-likeness (QED) is 0.527. The number of hydrogen-bond acceptors (Lipinski definition) is 0. The SMILES string of the molecule is C[Si][SiH2]c1ccccc1. The van der Waals surface area contributed by atoms with E-state index in [0.717, 1.165) is 0 Å². The first kappa shape index (κ1) is 6.77. The third-order valence-corrected chi connectivity index (χ3v) is 4.74. The second-order valence-corrected chi connectivity index (χ2v) is 7.08. The number of hydrogen-bond donors (Lipinski definition) is 0. The fourth-order valence-corrected chi connectivity index (χ4v) is 3.65. The van der Waals surface area contributed by atoms with Crippen molar-refractivity contribution in [3.8, 4) is 0 Å². The van der Waals surface area contributed by atoms with Crippen LogP contribution in [0.4, 0.5) is 0 Å². The van der Waals surface area contributed by atoms with Crippen molar-refractivity contribution in [2.24, 2.45) is 0 Å². The highest BCUT2D eigenvalue weighted by Gasteiger charge is 1.86. The van der Waals surface area contributed by atoms with E-state index < -0.39 is 0 Å². The van der Waals surface area contributed by atoms with Crippen molar-refractivity contribution in [3.63, 3.8) is 0 Å². The summed E-state index contributed by atoms with van der Waals surface area (Å²) in [6, 6.07) is 10.8. The van der Waals surface area contributed by atoms with E-state index in [1.165, 1.54) is 9.04 Å². The Balaban J connectivity index is 2.61. The highest BCUT2D eigenvalue weighted by atomic mass is 29.1. The molecule has 46 valence electrons. The molecular weight excluding hydrogens is 140 g/mol. The van der Waals surface area contributed by atoms with Crippen LogP contribution in [0.15, 0.2) is 30.3 Å². The van der Waals surface area contributed by atoms with Gasteiger partial charge in [-0.25, -0.2) is 0 Å². The monoisotopic (exact) mass is 150 g/mol. The minimum Gasteiger partial charge on any atom is -0.0756 e. The largest absolute Gasteiger partial charge is 0.0756 e. The van der Waals surface area contributed by atoms with E-state index in [2.05, 4.69) is 36.9 Å². The summed E-state index contributed by atoms with van der Waals surface area (Å²) in [7, 11) is 1.30. The van der Waals surface area contributed by atoms with Gasteiger partial charge in [-0.1, -0.05) is 42.1 Å². The van der Waals surface area contributed by atoms with Crippen molar-refractivity contribution < 1.29 is 0 Å². The van der Waals surface area contributed by atoms with Crippen LogP contribution < -0.4 is 5.19 Å². The maximum atomic E-state index is 2.29. The molecule has 0 saturated heterocycles. The molecule has 0 saturated carbocycles. The minimum absolute atomic E-state index is 0.127. The molecule has 1 rings (SSSR count). The summed E-state index contributed by atoms with van der Waals surface area (Å²) in [6.45, 7) is 2.29. The van der Waals surface area contributed by atoms with E-state index in [1.807, 2.05) is 0 Å². The Morgan fingerprint density at radius 3 is 2.44 bits per heavy atom. The van der Waals surface area contributed by atoms with Gasteiger partial charge in [0.2, 0.25) is 0 Å². The third kappa shape index (κ3) is 2.16. The van der Waals surface area contributed by atoms with E-state index >= 15 is 0 Å². The van der Waals surface area contributed by atoms with Crippen LogP contribution in [0.3, 0.4) is 0 Å². The van der Waals surface area contributed by atoms with Gasteiger partial charge in [-0.05, 0) is 0 Å². The summed E-state index contributed by atoms with van der Waals surface area (Å²) in [5.41, 5.74) is 0. The molecule has 9 heavy (non-hydrogen) atoms. The Morgan fingerprint density at radius 1 is 1.22 bits per heavy atom. The van der Waals surface area contributed by atoms with Gasteiger partial charge in [-0.3, -0.25) is 0 Å². The van der Waals surface area contributed by atoms with Gasteiger partial charge >= 0.3 is 0 Å². The van der Waals surface area contributed by atoms with Crippen LogP contribution >= 0.6 is 0 Å². The molecule has 0 atom stereocenters. The predicted molar refractivity (Wildman–Crippen MR) is 46.2 cm³/mol. The summed E-state index contributed by atoms with van der Waals surface area (Å²) >= 11 is 0. The molecule has 0 aliphatic heterocycles. The average molecular weight is 150 g/mol. The molecule has 0 N–H and O–H groups in total. The van der Waals surface area contributed by atoms with Crippen LogP contribution in [0.2, 0.25) is 6.55 Å². The van der Waals surface area contributed by atoms with Crippen molar-refractivity contribution in [1.82, 2.24) is 0 Å². The zero-order valence-electron chi connectivity index (χ0n) is 5.59.